The Bertz CT molecular complexity index is 361. The van der Waals surface area contributed by atoms with Gasteiger partial charge in [-0.1, -0.05) is 35.4 Å². The van der Waals surface area contributed by atoms with Gasteiger partial charge in [-0.2, -0.15) is 8.42 Å². The molecular weight excluding hydrogens is 232 g/mol. The first kappa shape index (κ1) is 15.0. The van der Waals surface area contributed by atoms with Crippen molar-refractivity contribution in [1.29, 1.82) is 0 Å². The third kappa shape index (κ3) is 9.60. The molecule has 0 radical (unpaired) electrons. The quantitative estimate of drug-likeness (QED) is 0.783. The van der Waals surface area contributed by atoms with E-state index >= 15 is 0 Å². The third-order valence-corrected chi connectivity index (χ3v) is 2.01. The van der Waals surface area contributed by atoms with Crippen LogP contribution in [0.25, 0.3) is 0 Å². The van der Waals surface area contributed by atoms with Crippen molar-refractivity contribution >= 4 is 10.4 Å². The van der Waals surface area contributed by atoms with Gasteiger partial charge in [0.1, 0.15) is 0 Å². The Morgan fingerprint density at radius 1 is 1.12 bits per heavy atom. The van der Waals surface area contributed by atoms with E-state index < -0.39 is 23.6 Å². The molecular formula is C10H16O5S. The fourth-order valence-corrected chi connectivity index (χ4v) is 1.06. The molecule has 0 amide bonds. The molecule has 1 aromatic rings. The maximum absolute atomic E-state index is 9.61. The topological polar surface area (TPSA) is 83.8 Å². The number of aliphatic hydroxyl groups is 1. The van der Waals surface area contributed by atoms with Crippen LogP contribution in [0.3, 0.4) is 0 Å². The van der Waals surface area contributed by atoms with Crippen LogP contribution in [0.1, 0.15) is 11.1 Å². The number of aliphatic hydroxyl groups excluding tert-OH is 1. The zero-order valence-electron chi connectivity index (χ0n) is 9.25. The van der Waals surface area contributed by atoms with E-state index in [2.05, 4.69) is 42.3 Å². The molecule has 92 valence electrons. The summed E-state index contributed by atoms with van der Waals surface area (Å²) in [6.45, 7) is 3.36. The highest BCUT2D eigenvalue weighted by Crippen LogP contribution is 1.99. The second-order valence-electron chi connectivity index (χ2n) is 3.13. The molecule has 0 atom stereocenters. The Labute approximate surface area is 95.6 Å². The largest absolute Gasteiger partial charge is 0.397 e. The molecule has 0 aliphatic carbocycles. The van der Waals surface area contributed by atoms with Gasteiger partial charge >= 0.3 is 10.4 Å². The minimum Gasteiger partial charge on any atom is -0.394 e. The van der Waals surface area contributed by atoms with E-state index in [-0.39, 0.29) is 0 Å². The number of hydrogen-bond donors (Lipinski definition) is 2. The van der Waals surface area contributed by atoms with Gasteiger partial charge in [-0.3, -0.25) is 4.55 Å². The van der Waals surface area contributed by atoms with Gasteiger partial charge in [0.2, 0.25) is 0 Å². The summed E-state index contributed by atoms with van der Waals surface area (Å²) in [6, 6.07) is 8.48. The lowest BCUT2D eigenvalue weighted by molar-refractivity contribution is 0.188. The fourth-order valence-electron chi connectivity index (χ4n) is 0.779. The summed E-state index contributed by atoms with van der Waals surface area (Å²) in [5.74, 6) is 0. The van der Waals surface area contributed by atoms with E-state index in [0.717, 1.165) is 0 Å². The van der Waals surface area contributed by atoms with E-state index in [1.165, 1.54) is 11.1 Å². The monoisotopic (exact) mass is 248 g/mol. The molecule has 1 rings (SSSR count). The Morgan fingerprint density at radius 2 is 1.50 bits per heavy atom. The molecule has 5 nitrogen and oxygen atoms in total. The molecule has 0 unspecified atom stereocenters. The van der Waals surface area contributed by atoms with Gasteiger partial charge in [0.15, 0.2) is 0 Å². The molecule has 0 heterocycles. The minimum absolute atomic E-state index is 0.404. The maximum Gasteiger partial charge on any atom is 0.397 e. The van der Waals surface area contributed by atoms with E-state index in [4.69, 9.17) is 9.66 Å². The van der Waals surface area contributed by atoms with E-state index in [9.17, 15) is 8.42 Å². The lowest BCUT2D eigenvalue weighted by Crippen LogP contribution is -2.06. The van der Waals surface area contributed by atoms with Crippen LogP contribution >= 0.6 is 0 Å². The molecule has 16 heavy (non-hydrogen) atoms. The van der Waals surface area contributed by atoms with Crippen molar-refractivity contribution in [3.05, 3.63) is 35.4 Å². The zero-order chi connectivity index (χ0) is 12.6. The molecule has 0 aliphatic heterocycles. The standard InChI is InChI=1S/C8H10.C2H6O5S/c1-7-3-5-8(2)6-4-7;3-1-2-7-8(4,5)6/h3-6H,1-2H3;3H,1-2H2,(H,4,5,6). The minimum atomic E-state index is -4.35. The summed E-state index contributed by atoms with van der Waals surface area (Å²) in [6.07, 6.45) is 0. The summed E-state index contributed by atoms with van der Waals surface area (Å²) in [5.41, 5.74) is 2.66. The molecule has 0 saturated carbocycles. The number of benzene rings is 1. The van der Waals surface area contributed by atoms with Gasteiger partial charge in [0.05, 0.1) is 13.2 Å². The maximum atomic E-state index is 9.61. The van der Waals surface area contributed by atoms with Gasteiger partial charge in [0.25, 0.3) is 0 Å². The fraction of sp³-hybridized carbons (Fsp3) is 0.400. The summed E-state index contributed by atoms with van der Waals surface area (Å²) < 4.78 is 30.7. The second kappa shape index (κ2) is 7.34. The number of rotatable bonds is 3. The smallest absolute Gasteiger partial charge is 0.394 e. The van der Waals surface area contributed by atoms with Gasteiger partial charge in [-0.15, -0.1) is 0 Å². The van der Waals surface area contributed by atoms with Crippen LogP contribution in [0.4, 0.5) is 0 Å². The normalized spacial score (nSPS) is 10.5. The summed E-state index contributed by atoms with van der Waals surface area (Å²) >= 11 is 0. The predicted octanol–water partition coefficient (Wildman–Crippen LogP) is 1.10. The van der Waals surface area contributed by atoms with E-state index in [1.54, 1.807) is 0 Å². The molecule has 2 N–H and O–H groups in total. The van der Waals surface area contributed by atoms with Gasteiger partial charge < -0.3 is 5.11 Å². The Kier molecular flexibility index (Phi) is 6.91. The van der Waals surface area contributed by atoms with Crippen molar-refractivity contribution in [2.45, 2.75) is 13.8 Å². The number of aryl methyl sites for hydroxylation is 2. The highest BCUT2D eigenvalue weighted by atomic mass is 32.3. The molecule has 0 spiro atoms. The summed E-state index contributed by atoms with van der Waals surface area (Å²) in [4.78, 5) is 0. The lowest BCUT2D eigenvalue weighted by atomic mass is 10.2. The first-order valence-corrected chi connectivity index (χ1v) is 5.97. The van der Waals surface area contributed by atoms with E-state index in [0.29, 0.717) is 0 Å². The van der Waals surface area contributed by atoms with Crippen LogP contribution in [0, 0.1) is 13.8 Å². The van der Waals surface area contributed by atoms with Crippen LogP contribution in [0.5, 0.6) is 0 Å². The number of hydrogen-bond acceptors (Lipinski definition) is 4. The highest BCUT2D eigenvalue weighted by Gasteiger charge is 2.00. The third-order valence-electron chi connectivity index (χ3n) is 1.54. The second-order valence-corrected chi connectivity index (χ2v) is 4.22. The van der Waals surface area contributed by atoms with Gasteiger partial charge in [-0.05, 0) is 13.8 Å². The van der Waals surface area contributed by atoms with Crippen LogP contribution in [0.15, 0.2) is 24.3 Å². The Balaban J connectivity index is 0.000000281. The summed E-state index contributed by atoms with van der Waals surface area (Å²) in [5, 5.41) is 7.93. The lowest BCUT2D eigenvalue weighted by Gasteiger charge is -1.92. The Morgan fingerprint density at radius 3 is 1.69 bits per heavy atom. The predicted molar refractivity (Wildman–Crippen MR) is 60.5 cm³/mol. The average Bonchev–Trinajstić information content (AvgIpc) is 2.19. The van der Waals surface area contributed by atoms with Crippen molar-refractivity contribution in [2.24, 2.45) is 0 Å². The highest BCUT2D eigenvalue weighted by molar-refractivity contribution is 7.80. The van der Waals surface area contributed by atoms with Crippen LogP contribution in [-0.2, 0) is 14.6 Å². The van der Waals surface area contributed by atoms with Crippen LogP contribution in [-0.4, -0.2) is 31.3 Å². The first-order chi connectivity index (χ1) is 7.35. The summed E-state index contributed by atoms with van der Waals surface area (Å²) in [7, 11) is -4.35. The van der Waals surface area contributed by atoms with Crippen LogP contribution in [0.2, 0.25) is 0 Å². The first-order valence-electron chi connectivity index (χ1n) is 4.61. The zero-order valence-corrected chi connectivity index (χ0v) is 10.1. The van der Waals surface area contributed by atoms with Gasteiger partial charge in [0, 0.05) is 0 Å². The molecule has 1 aromatic carbocycles. The molecule has 0 bridgehead atoms. The van der Waals surface area contributed by atoms with Crippen molar-refractivity contribution in [2.75, 3.05) is 13.2 Å². The SMILES string of the molecule is Cc1ccc(C)cc1.O=S(=O)(O)OCCO. The van der Waals surface area contributed by atoms with Gasteiger partial charge in [-0.25, -0.2) is 4.18 Å². The van der Waals surface area contributed by atoms with E-state index in [1.807, 2.05) is 0 Å². The Hall–Kier alpha value is -0.950. The molecule has 0 fully saturated rings. The van der Waals surface area contributed by atoms with Crippen LogP contribution < -0.4 is 0 Å². The van der Waals surface area contributed by atoms with Crippen molar-refractivity contribution in [3.8, 4) is 0 Å². The van der Waals surface area contributed by atoms with Crippen molar-refractivity contribution in [3.63, 3.8) is 0 Å². The molecule has 0 saturated heterocycles. The van der Waals surface area contributed by atoms with Crippen molar-refractivity contribution in [1.82, 2.24) is 0 Å². The molecule has 0 aromatic heterocycles. The molecule has 0 aliphatic rings. The molecule has 6 heteroatoms. The van der Waals surface area contributed by atoms with Crippen molar-refractivity contribution < 1.29 is 22.3 Å². The average molecular weight is 248 g/mol.